The molecule has 0 radical (unpaired) electrons. The highest BCUT2D eigenvalue weighted by Gasteiger charge is 2.68. The summed E-state index contributed by atoms with van der Waals surface area (Å²) in [5, 5.41) is 12.4. The topological polar surface area (TPSA) is 129 Å². The first-order valence-corrected chi connectivity index (χ1v) is 23.5. The van der Waals surface area contributed by atoms with Gasteiger partial charge < -0.3 is 33.3 Å². The van der Waals surface area contributed by atoms with E-state index in [1.165, 1.54) is 0 Å². The third-order valence-corrected chi connectivity index (χ3v) is 15.4. The van der Waals surface area contributed by atoms with Crippen molar-refractivity contribution < 1.29 is 28.0 Å². The molecule has 7 rings (SSSR count). The minimum Gasteiger partial charge on any atom is -0.497 e. The van der Waals surface area contributed by atoms with Gasteiger partial charge in [-0.05, 0) is 81.1 Å². The molecule has 0 spiro atoms. The van der Waals surface area contributed by atoms with E-state index in [1.54, 1.807) is 30.5 Å². The van der Waals surface area contributed by atoms with Gasteiger partial charge in [0.2, 0.25) is 0 Å². The highest BCUT2D eigenvalue weighted by Crippen LogP contribution is 2.62. The lowest BCUT2D eigenvalue weighted by atomic mass is 9.79. The van der Waals surface area contributed by atoms with E-state index in [4.69, 9.17) is 28.0 Å². The molecule has 2 fully saturated rings. The number of nitrogens with one attached hydrogen (secondary N) is 1. The number of hydrogen-bond acceptors (Lipinski definition) is 12. The number of nitriles is 1. The summed E-state index contributed by atoms with van der Waals surface area (Å²) >= 11 is 1.72. The molecule has 1 N–H and O–H groups in total. The first-order chi connectivity index (χ1) is 30.4. The van der Waals surface area contributed by atoms with Gasteiger partial charge in [-0.1, -0.05) is 91.9 Å². The predicted octanol–water partition coefficient (Wildman–Crippen LogP) is 9.62. The summed E-state index contributed by atoms with van der Waals surface area (Å²) in [4.78, 5) is 18.7. The summed E-state index contributed by atoms with van der Waals surface area (Å²) in [5.74, 6) is 1.95. The van der Waals surface area contributed by atoms with E-state index in [9.17, 15) is 10.1 Å². The molecule has 2 saturated heterocycles. The Bertz CT molecular complexity index is 2310. The molecule has 2 aliphatic heterocycles. The van der Waals surface area contributed by atoms with E-state index >= 15 is 0 Å². The summed E-state index contributed by atoms with van der Waals surface area (Å²) in [6, 6.07) is 38.4. The molecule has 14 heteroatoms. The zero-order chi connectivity index (χ0) is 44.7. The molecule has 332 valence electrons. The van der Waals surface area contributed by atoms with E-state index in [2.05, 4.69) is 67.8 Å². The van der Waals surface area contributed by atoms with E-state index in [0.29, 0.717) is 23.9 Å². The molecule has 2 aliphatic rings. The van der Waals surface area contributed by atoms with Crippen molar-refractivity contribution in [1.82, 2.24) is 14.2 Å². The molecular formula is C49H58N5O7PS. The van der Waals surface area contributed by atoms with Gasteiger partial charge >= 0.3 is 5.69 Å². The number of fused-ring (bicyclic) bond motifs is 2. The van der Waals surface area contributed by atoms with Crippen molar-refractivity contribution in [3.8, 4) is 17.6 Å². The van der Waals surface area contributed by atoms with Crippen molar-refractivity contribution in [1.29, 1.82) is 5.26 Å². The molecule has 1 aromatic heterocycles. The van der Waals surface area contributed by atoms with Gasteiger partial charge in [-0.2, -0.15) is 10.2 Å². The number of thioether (sulfide) groups is 1. The highest BCUT2D eigenvalue weighted by molar-refractivity contribution is 8.01. The molecule has 0 amide bonds. The number of aromatic nitrogens is 2. The largest absolute Gasteiger partial charge is 0.497 e. The van der Waals surface area contributed by atoms with Gasteiger partial charge in [0.25, 0.3) is 8.53 Å². The van der Waals surface area contributed by atoms with Crippen LogP contribution in [0.3, 0.4) is 0 Å². The maximum atomic E-state index is 14.2. The summed E-state index contributed by atoms with van der Waals surface area (Å²) in [5.41, 5.74) is 1.84. The summed E-state index contributed by atoms with van der Waals surface area (Å²) < 4.78 is 43.8. The van der Waals surface area contributed by atoms with Gasteiger partial charge in [0, 0.05) is 35.6 Å². The Hall–Kier alpha value is -4.77. The minimum atomic E-state index is -1.71. The predicted molar refractivity (Wildman–Crippen MR) is 249 cm³/mol. The van der Waals surface area contributed by atoms with Crippen molar-refractivity contribution in [2.24, 2.45) is 0 Å². The van der Waals surface area contributed by atoms with Crippen LogP contribution in [0.1, 0.15) is 75.1 Å². The van der Waals surface area contributed by atoms with Gasteiger partial charge in [-0.15, -0.1) is 11.8 Å². The van der Waals surface area contributed by atoms with Gasteiger partial charge in [0.05, 0.1) is 45.2 Å². The zero-order valence-corrected chi connectivity index (χ0v) is 39.0. The second kappa shape index (κ2) is 20.4. The van der Waals surface area contributed by atoms with Crippen LogP contribution in [0.2, 0.25) is 0 Å². The molecule has 0 aliphatic carbocycles. The first kappa shape index (κ1) is 46.2. The number of rotatable bonds is 20. The maximum Gasteiger partial charge on any atom is 0.351 e. The van der Waals surface area contributed by atoms with Crippen molar-refractivity contribution in [3.05, 3.63) is 154 Å². The van der Waals surface area contributed by atoms with E-state index in [-0.39, 0.29) is 42.2 Å². The monoisotopic (exact) mass is 891 g/mol. The van der Waals surface area contributed by atoms with Crippen LogP contribution in [0.25, 0.3) is 0 Å². The van der Waals surface area contributed by atoms with Crippen LogP contribution in [-0.2, 0) is 30.7 Å². The smallest absolute Gasteiger partial charge is 0.351 e. The summed E-state index contributed by atoms with van der Waals surface area (Å²) in [6.45, 7) is 13.3. The Kier molecular flexibility index (Phi) is 15.0. The van der Waals surface area contributed by atoms with Gasteiger partial charge in [0.15, 0.2) is 6.23 Å². The average molecular weight is 892 g/mol. The highest BCUT2D eigenvalue weighted by atomic mass is 32.2. The van der Waals surface area contributed by atoms with Crippen molar-refractivity contribution in [2.45, 2.75) is 101 Å². The lowest BCUT2D eigenvalue weighted by Crippen LogP contribution is -2.52. The van der Waals surface area contributed by atoms with Gasteiger partial charge in [-0.3, -0.25) is 4.57 Å². The molecule has 1 unspecified atom stereocenters. The van der Waals surface area contributed by atoms with E-state index < -0.39 is 37.7 Å². The standard InChI is InChI=1S/C49H58N5O7PS/c1-33(2)54(34(3)4)62(59-29-15-28-50)61-44-43-46(53-31-35(5)45(52-47(53)55)51-30-37-16-11-9-12-17-37)60-48(44,36(6)63-43)32-58-49(38-18-13-10-14-19-38,39-20-24-41(56-7)25-21-39)40-22-26-42(57-8)27-23-40/h9-14,16-27,31,33-34,36,43-44,46H,15,29-30,32H2,1-8H3,(H,51,52,55)/t36-,43+,44-,46+,48-,62?/m0/s1. The van der Waals surface area contributed by atoms with Crippen LogP contribution in [0.5, 0.6) is 11.5 Å². The van der Waals surface area contributed by atoms with Crippen LogP contribution in [0.4, 0.5) is 5.82 Å². The number of benzene rings is 4. The third kappa shape index (κ3) is 9.55. The van der Waals surface area contributed by atoms with Crippen LogP contribution < -0.4 is 20.5 Å². The fourth-order valence-corrected chi connectivity index (χ4v) is 12.2. The van der Waals surface area contributed by atoms with Crippen molar-refractivity contribution in [3.63, 3.8) is 0 Å². The quantitative estimate of drug-likeness (QED) is 0.0454. The Morgan fingerprint density at radius 2 is 1.48 bits per heavy atom. The fraction of sp³-hybridized carbons (Fsp3) is 0.408. The van der Waals surface area contributed by atoms with Crippen LogP contribution in [-0.4, -0.2) is 75.9 Å². The van der Waals surface area contributed by atoms with Crippen LogP contribution >= 0.6 is 20.3 Å². The Balaban J connectivity index is 1.34. The minimum absolute atomic E-state index is 0.0625. The number of anilines is 1. The number of nitrogens with zero attached hydrogens (tertiary/aromatic N) is 4. The molecular weight excluding hydrogens is 834 g/mol. The fourth-order valence-electron chi connectivity index (χ4n) is 8.60. The van der Waals surface area contributed by atoms with E-state index in [0.717, 1.165) is 27.8 Å². The number of hydrogen-bond donors (Lipinski definition) is 1. The average Bonchev–Trinajstić information content (AvgIpc) is 3.73. The summed E-state index contributed by atoms with van der Waals surface area (Å²) in [7, 11) is 1.59. The Morgan fingerprint density at radius 1 is 0.905 bits per heavy atom. The number of ether oxygens (including phenoxy) is 4. The van der Waals surface area contributed by atoms with E-state index in [1.807, 2.05) is 110 Å². The molecule has 5 aromatic rings. The Morgan fingerprint density at radius 3 is 2.03 bits per heavy atom. The van der Waals surface area contributed by atoms with Crippen molar-refractivity contribution >= 4 is 26.1 Å². The molecule has 2 bridgehead atoms. The molecule has 3 heterocycles. The SMILES string of the molecule is COc1ccc(C(OC[C@]23O[C@@H](n4cc(C)c(NCc5ccccc5)nc4=O)[C@H](S[C@H]2C)[C@@H]3OP(OCCC#N)N(C(C)C)C(C)C)(c2ccccc2)c2ccc(OC)cc2)cc1. The molecule has 0 saturated carbocycles. The second-order valence-corrected chi connectivity index (χ2v) is 19.3. The van der Waals surface area contributed by atoms with Crippen LogP contribution in [0.15, 0.2) is 120 Å². The van der Waals surface area contributed by atoms with Gasteiger partial charge in [0.1, 0.15) is 34.6 Å². The summed E-state index contributed by atoms with van der Waals surface area (Å²) in [6.07, 6.45) is 0.679. The van der Waals surface area contributed by atoms with Gasteiger partial charge in [-0.25, -0.2) is 9.46 Å². The number of methoxy groups -OCH3 is 2. The lowest BCUT2D eigenvalue weighted by Gasteiger charge is -2.43. The third-order valence-electron chi connectivity index (χ3n) is 11.7. The maximum absolute atomic E-state index is 14.2. The van der Waals surface area contributed by atoms with Crippen molar-refractivity contribution in [2.75, 3.05) is 32.8 Å². The molecule has 12 nitrogen and oxygen atoms in total. The molecule has 4 aromatic carbocycles. The normalized spacial score (nSPS) is 21.2. The molecule has 63 heavy (non-hydrogen) atoms. The lowest BCUT2D eigenvalue weighted by molar-refractivity contribution is -0.157. The Labute approximate surface area is 376 Å². The molecule has 6 atom stereocenters. The first-order valence-electron chi connectivity index (χ1n) is 21.4. The zero-order valence-electron chi connectivity index (χ0n) is 37.3. The second-order valence-electron chi connectivity index (χ2n) is 16.4. The van der Waals surface area contributed by atoms with Crippen LogP contribution in [0, 0.1) is 18.3 Å². The number of aryl methyl sites for hydroxylation is 1.